The van der Waals surface area contributed by atoms with Crippen molar-refractivity contribution in [2.24, 2.45) is 0 Å². The van der Waals surface area contributed by atoms with E-state index >= 15 is 0 Å². The molecule has 0 aliphatic rings. The Morgan fingerprint density at radius 2 is 2.18 bits per heavy atom. The lowest BCUT2D eigenvalue weighted by Crippen LogP contribution is -1.98. The lowest BCUT2D eigenvalue weighted by molar-refractivity contribution is 0.112. The number of hydrogen-bond donors (Lipinski definition) is 0. The fourth-order valence-electron chi connectivity index (χ4n) is 1.74. The van der Waals surface area contributed by atoms with E-state index in [2.05, 4.69) is 5.10 Å². The number of nitrogens with zero attached hydrogens (tertiary/aromatic N) is 2. The molecule has 17 heavy (non-hydrogen) atoms. The summed E-state index contributed by atoms with van der Waals surface area (Å²) in [7, 11) is 1.61. The van der Waals surface area contributed by atoms with Gasteiger partial charge in [-0.2, -0.15) is 5.10 Å². The van der Waals surface area contributed by atoms with Crippen LogP contribution < -0.4 is 4.74 Å². The zero-order valence-electron chi connectivity index (χ0n) is 9.88. The lowest BCUT2D eigenvalue weighted by atomic mass is 10.2. The minimum Gasteiger partial charge on any atom is -0.494 e. The average Bonchev–Trinajstić information content (AvgIpc) is 2.81. The molecule has 4 heteroatoms. The maximum atomic E-state index is 10.9. The monoisotopic (exact) mass is 230 g/mol. The van der Waals surface area contributed by atoms with Crippen LogP contribution in [0.5, 0.6) is 5.75 Å². The number of benzene rings is 1. The Morgan fingerprint density at radius 1 is 1.41 bits per heavy atom. The third kappa shape index (κ3) is 2.06. The number of ether oxygens (including phenoxy) is 1. The van der Waals surface area contributed by atoms with Crippen molar-refractivity contribution in [1.29, 1.82) is 0 Å². The van der Waals surface area contributed by atoms with Gasteiger partial charge in [-0.05, 0) is 18.6 Å². The number of rotatable bonds is 4. The first-order chi connectivity index (χ1) is 8.30. The standard InChI is InChI=1S/C13H14N2O2/c1-3-11-10(9-16)8-15(14-11)12-6-4-5-7-13(12)17-2/h4-9H,3H2,1-2H3. The zero-order chi connectivity index (χ0) is 12.3. The largest absolute Gasteiger partial charge is 0.494 e. The van der Waals surface area contributed by atoms with Crippen molar-refractivity contribution >= 4 is 6.29 Å². The van der Waals surface area contributed by atoms with Crippen LogP contribution in [0.3, 0.4) is 0 Å². The zero-order valence-corrected chi connectivity index (χ0v) is 9.88. The molecule has 0 aliphatic heterocycles. The number of carbonyl (C=O) groups is 1. The predicted octanol–water partition coefficient (Wildman–Crippen LogP) is 2.26. The first-order valence-corrected chi connectivity index (χ1v) is 5.47. The van der Waals surface area contributed by atoms with Crippen molar-refractivity contribution < 1.29 is 9.53 Å². The van der Waals surface area contributed by atoms with Crippen molar-refractivity contribution in [2.75, 3.05) is 7.11 Å². The molecule has 1 heterocycles. The van der Waals surface area contributed by atoms with E-state index in [1.165, 1.54) is 0 Å². The van der Waals surface area contributed by atoms with E-state index in [-0.39, 0.29) is 0 Å². The summed E-state index contributed by atoms with van der Waals surface area (Å²) in [5, 5.41) is 4.38. The van der Waals surface area contributed by atoms with E-state index in [1.807, 2.05) is 31.2 Å². The van der Waals surface area contributed by atoms with Gasteiger partial charge in [-0.15, -0.1) is 0 Å². The Kier molecular flexibility index (Phi) is 3.23. The van der Waals surface area contributed by atoms with Crippen LogP contribution in [0.4, 0.5) is 0 Å². The van der Waals surface area contributed by atoms with Crippen LogP contribution in [0.1, 0.15) is 23.0 Å². The number of carbonyl (C=O) groups excluding carboxylic acids is 1. The van der Waals surface area contributed by atoms with E-state index in [4.69, 9.17) is 4.74 Å². The molecule has 0 N–H and O–H groups in total. The number of para-hydroxylation sites is 2. The van der Waals surface area contributed by atoms with Crippen LogP contribution >= 0.6 is 0 Å². The number of methoxy groups -OCH3 is 1. The van der Waals surface area contributed by atoms with Gasteiger partial charge in [0.05, 0.1) is 18.4 Å². The Hall–Kier alpha value is -2.10. The minimum absolute atomic E-state index is 0.624. The number of aldehydes is 1. The highest BCUT2D eigenvalue weighted by atomic mass is 16.5. The van der Waals surface area contributed by atoms with Crippen LogP contribution in [0.15, 0.2) is 30.5 Å². The first-order valence-electron chi connectivity index (χ1n) is 5.47. The summed E-state index contributed by atoms with van der Waals surface area (Å²) < 4.78 is 6.95. The van der Waals surface area contributed by atoms with E-state index < -0.39 is 0 Å². The summed E-state index contributed by atoms with van der Waals surface area (Å²) >= 11 is 0. The van der Waals surface area contributed by atoms with Gasteiger partial charge in [0.1, 0.15) is 11.4 Å². The van der Waals surface area contributed by atoms with E-state index in [1.54, 1.807) is 18.0 Å². The summed E-state index contributed by atoms with van der Waals surface area (Å²) in [6.07, 6.45) is 3.29. The van der Waals surface area contributed by atoms with E-state index in [0.29, 0.717) is 5.56 Å². The molecule has 2 rings (SSSR count). The maximum Gasteiger partial charge on any atom is 0.153 e. The molecular weight excluding hydrogens is 216 g/mol. The second-order valence-corrected chi connectivity index (χ2v) is 3.62. The highest BCUT2D eigenvalue weighted by molar-refractivity contribution is 5.76. The number of aromatic nitrogens is 2. The third-order valence-corrected chi connectivity index (χ3v) is 2.62. The topological polar surface area (TPSA) is 44.1 Å². The van der Waals surface area contributed by atoms with Crippen LogP contribution in [0, 0.1) is 0 Å². The molecule has 1 aromatic heterocycles. The molecule has 0 amide bonds. The van der Waals surface area contributed by atoms with Gasteiger partial charge in [0, 0.05) is 6.20 Å². The molecule has 1 aromatic carbocycles. The quantitative estimate of drug-likeness (QED) is 0.757. The Labute approximate surface area is 99.8 Å². The Morgan fingerprint density at radius 3 is 2.76 bits per heavy atom. The van der Waals surface area contributed by atoms with Gasteiger partial charge in [-0.1, -0.05) is 19.1 Å². The molecule has 2 aromatic rings. The molecule has 0 saturated carbocycles. The maximum absolute atomic E-state index is 10.9. The fraction of sp³-hybridized carbons (Fsp3) is 0.231. The van der Waals surface area contributed by atoms with Crippen LogP contribution in [0.2, 0.25) is 0 Å². The van der Waals surface area contributed by atoms with Crippen LogP contribution in [-0.2, 0) is 6.42 Å². The highest BCUT2D eigenvalue weighted by Gasteiger charge is 2.10. The average molecular weight is 230 g/mol. The number of hydrogen-bond acceptors (Lipinski definition) is 3. The minimum atomic E-state index is 0.624. The molecule has 4 nitrogen and oxygen atoms in total. The molecule has 0 aliphatic carbocycles. The Balaban J connectivity index is 2.52. The van der Waals surface area contributed by atoms with Crippen molar-refractivity contribution in [3.8, 4) is 11.4 Å². The van der Waals surface area contributed by atoms with Gasteiger partial charge in [-0.3, -0.25) is 4.79 Å². The highest BCUT2D eigenvalue weighted by Crippen LogP contribution is 2.22. The molecule has 88 valence electrons. The smallest absolute Gasteiger partial charge is 0.153 e. The van der Waals surface area contributed by atoms with Gasteiger partial charge >= 0.3 is 0 Å². The number of aryl methyl sites for hydroxylation is 1. The lowest BCUT2D eigenvalue weighted by Gasteiger charge is -2.07. The molecule has 0 radical (unpaired) electrons. The summed E-state index contributed by atoms with van der Waals surface area (Å²) in [5.41, 5.74) is 2.25. The van der Waals surface area contributed by atoms with Gasteiger partial charge < -0.3 is 4.74 Å². The van der Waals surface area contributed by atoms with Gasteiger partial charge in [0.25, 0.3) is 0 Å². The van der Waals surface area contributed by atoms with E-state index in [0.717, 1.165) is 29.8 Å². The summed E-state index contributed by atoms with van der Waals surface area (Å²) in [5.74, 6) is 0.732. The van der Waals surface area contributed by atoms with Gasteiger partial charge in [0.15, 0.2) is 6.29 Å². The van der Waals surface area contributed by atoms with Crippen molar-refractivity contribution in [3.05, 3.63) is 41.7 Å². The second-order valence-electron chi connectivity index (χ2n) is 3.62. The molecule has 0 saturated heterocycles. The van der Waals surface area contributed by atoms with E-state index in [9.17, 15) is 4.79 Å². The Bertz CT molecular complexity index is 532. The molecular formula is C13H14N2O2. The van der Waals surface area contributed by atoms with Gasteiger partial charge in [0.2, 0.25) is 0 Å². The first kappa shape index (κ1) is 11.4. The SMILES string of the molecule is CCc1nn(-c2ccccc2OC)cc1C=O. The molecule has 0 spiro atoms. The summed E-state index contributed by atoms with van der Waals surface area (Å²) in [6.45, 7) is 1.97. The molecule has 0 atom stereocenters. The van der Waals surface area contributed by atoms with Crippen molar-refractivity contribution in [1.82, 2.24) is 9.78 Å². The van der Waals surface area contributed by atoms with Crippen molar-refractivity contribution in [3.63, 3.8) is 0 Å². The predicted molar refractivity (Wildman–Crippen MR) is 64.9 cm³/mol. The molecule has 0 unspecified atom stereocenters. The van der Waals surface area contributed by atoms with Crippen molar-refractivity contribution in [2.45, 2.75) is 13.3 Å². The van der Waals surface area contributed by atoms with Gasteiger partial charge in [-0.25, -0.2) is 4.68 Å². The summed E-state index contributed by atoms with van der Waals surface area (Å²) in [6, 6.07) is 7.57. The molecule has 0 fully saturated rings. The fourth-order valence-corrected chi connectivity index (χ4v) is 1.74. The van der Waals surface area contributed by atoms with Crippen LogP contribution in [-0.4, -0.2) is 23.2 Å². The second kappa shape index (κ2) is 4.82. The third-order valence-electron chi connectivity index (χ3n) is 2.62. The summed E-state index contributed by atoms with van der Waals surface area (Å²) in [4.78, 5) is 10.9. The molecule has 0 bridgehead atoms. The van der Waals surface area contributed by atoms with Crippen LogP contribution in [0.25, 0.3) is 5.69 Å². The normalized spacial score (nSPS) is 10.2.